The summed E-state index contributed by atoms with van der Waals surface area (Å²) in [6.07, 6.45) is -21.6. The third-order valence-corrected chi connectivity index (χ3v) is 6.36. The maximum atomic E-state index is 13.4. The van der Waals surface area contributed by atoms with Gasteiger partial charge in [-0.2, -0.15) is 39.5 Å². The van der Waals surface area contributed by atoms with Crippen molar-refractivity contribution in [1.82, 2.24) is 9.80 Å². The van der Waals surface area contributed by atoms with E-state index in [-0.39, 0.29) is 45.0 Å². The zero-order valence-electron chi connectivity index (χ0n) is 19.7. The van der Waals surface area contributed by atoms with Gasteiger partial charge in [0.25, 0.3) is 6.10 Å². The van der Waals surface area contributed by atoms with Gasteiger partial charge in [0.05, 0.1) is 11.5 Å². The van der Waals surface area contributed by atoms with Crippen molar-refractivity contribution in [2.24, 2.45) is 5.92 Å². The molecule has 0 spiro atoms. The van der Waals surface area contributed by atoms with Crippen molar-refractivity contribution in [2.75, 3.05) is 44.2 Å². The summed E-state index contributed by atoms with van der Waals surface area (Å²) in [5, 5.41) is 9.35. The standard InChI is InChI=1S/C22H24F9N3O4/c23-20(24,25)15-4-3-13(16(10-15)34-5-1-2-14(12-34)17(35)36)11-32-6-8-33(9-7-32)19(37)38-18(21(26,27)28)22(29,30)31/h3-4,10,14,18H,1-2,5-9,11-12H2,(H,35,36)/t14-/m0/s1. The number of carbonyl (C=O) groups excluding carboxylic acids is 1. The number of halogens is 9. The molecule has 1 atom stereocenters. The smallest absolute Gasteiger partial charge is 0.434 e. The van der Waals surface area contributed by atoms with Crippen LogP contribution in [0, 0.1) is 5.92 Å². The number of hydrogen-bond donors (Lipinski definition) is 1. The molecule has 2 aliphatic heterocycles. The highest BCUT2D eigenvalue weighted by Gasteiger charge is 2.60. The van der Waals surface area contributed by atoms with E-state index in [4.69, 9.17) is 0 Å². The van der Waals surface area contributed by atoms with Crippen LogP contribution in [0.25, 0.3) is 0 Å². The molecular weight excluding hydrogens is 541 g/mol. The first kappa shape index (κ1) is 29.6. The molecule has 1 aromatic carbocycles. The van der Waals surface area contributed by atoms with Crippen LogP contribution in [-0.4, -0.2) is 84.7 Å². The Morgan fingerprint density at radius 1 is 0.947 bits per heavy atom. The Labute approximate surface area is 210 Å². The monoisotopic (exact) mass is 565 g/mol. The minimum absolute atomic E-state index is 0.00282. The topological polar surface area (TPSA) is 73.3 Å². The van der Waals surface area contributed by atoms with Gasteiger partial charge in [-0.15, -0.1) is 0 Å². The van der Waals surface area contributed by atoms with E-state index in [1.807, 2.05) is 0 Å². The highest BCUT2D eigenvalue weighted by atomic mass is 19.4. The normalized spacial score (nSPS) is 20.1. The number of hydrogen-bond acceptors (Lipinski definition) is 5. The van der Waals surface area contributed by atoms with Gasteiger partial charge in [-0.1, -0.05) is 6.07 Å². The molecule has 0 aliphatic carbocycles. The van der Waals surface area contributed by atoms with Crippen LogP contribution in [0.15, 0.2) is 18.2 Å². The molecule has 3 rings (SSSR count). The zero-order valence-corrected chi connectivity index (χ0v) is 19.7. The fourth-order valence-electron chi connectivity index (χ4n) is 4.39. The molecule has 7 nitrogen and oxygen atoms in total. The summed E-state index contributed by atoms with van der Waals surface area (Å²) in [6.45, 7) is -0.172. The van der Waals surface area contributed by atoms with Crippen LogP contribution in [0.4, 0.5) is 50.0 Å². The lowest BCUT2D eigenvalue weighted by Crippen LogP contribution is -2.52. The van der Waals surface area contributed by atoms with E-state index < -0.39 is 48.2 Å². The number of benzene rings is 1. The highest BCUT2D eigenvalue weighted by molar-refractivity contribution is 5.72. The summed E-state index contributed by atoms with van der Waals surface area (Å²) in [5.74, 6) is -1.83. The molecule has 0 unspecified atom stereocenters. The zero-order chi connectivity index (χ0) is 28.5. The number of aliphatic carboxylic acids is 1. The third kappa shape index (κ3) is 7.35. The molecule has 2 fully saturated rings. The lowest BCUT2D eigenvalue weighted by atomic mass is 9.96. The lowest BCUT2D eigenvalue weighted by molar-refractivity contribution is -0.308. The van der Waals surface area contributed by atoms with E-state index in [0.717, 1.165) is 12.1 Å². The van der Waals surface area contributed by atoms with Crippen molar-refractivity contribution in [3.63, 3.8) is 0 Å². The van der Waals surface area contributed by atoms with Crippen LogP contribution < -0.4 is 4.90 Å². The van der Waals surface area contributed by atoms with Crippen molar-refractivity contribution >= 4 is 17.7 Å². The molecule has 16 heteroatoms. The fraction of sp³-hybridized carbons (Fsp3) is 0.636. The van der Waals surface area contributed by atoms with Gasteiger partial charge >= 0.3 is 30.6 Å². The highest BCUT2D eigenvalue weighted by Crippen LogP contribution is 2.37. The average molecular weight is 565 g/mol. The summed E-state index contributed by atoms with van der Waals surface area (Å²) in [4.78, 5) is 27.3. The number of carboxylic acids is 1. The largest absolute Gasteiger partial charge is 0.481 e. The number of piperidine rings is 1. The average Bonchev–Trinajstić information content (AvgIpc) is 2.81. The first-order valence-electron chi connectivity index (χ1n) is 11.5. The molecule has 0 saturated carbocycles. The first-order valence-corrected chi connectivity index (χ1v) is 11.5. The van der Waals surface area contributed by atoms with Gasteiger partial charge in [-0.05, 0) is 30.5 Å². The van der Waals surface area contributed by atoms with E-state index in [1.165, 1.54) is 6.07 Å². The van der Waals surface area contributed by atoms with Crippen LogP contribution in [0.3, 0.4) is 0 Å². The van der Waals surface area contributed by atoms with Crippen molar-refractivity contribution < 1.29 is 58.9 Å². The predicted octanol–water partition coefficient (Wildman–Crippen LogP) is 4.75. The molecule has 2 saturated heterocycles. The second-order valence-electron chi connectivity index (χ2n) is 9.07. The van der Waals surface area contributed by atoms with Crippen LogP contribution in [0.1, 0.15) is 24.0 Å². The quantitative estimate of drug-likeness (QED) is 0.520. The molecule has 2 aliphatic rings. The van der Waals surface area contributed by atoms with Gasteiger partial charge in [0.15, 0.2) is 0 Å². The SMILES string of the molecule is O=C(O)[C@H]1CCCN(c2cc(C(F)(F)F)ccc2CN2CCN(C(=O)OC(C(F)(F)F)C(F)(F)F)CC2)C1. The maximum Gasteiger partial charge on any atom is 0.434 e. The number of rotatable bonds is 5. The second-order valence-corrected chi connectivity index (χ2v) is 9.07. The number of carboxylic acid groups (broad SMARTS) is 1. The molecular formula is C22H24F9N3O4. The van der Waals surface area contributed by atoms with Crippen molar-refractivity contribution in [3.8, 4) is 0 Å². The summed E-state index contributed by atoms with van der Waals surface area (Å²) in [6, 6.07) is 3.06. The van der Waals surface area contributed by atoms with Crippen LogP contribution >= 0.6 is 0 Å². The number of amides is 1. The van der Waals surface area contributed by atoms with E-state index in [2.05, 4.69) is 4.74 Å². The second kappa shape index (κ2) is 11.1. The fourth-order valence-corrected chi connectivity index (χ4v) is 4.39. The van der Waals surface area contributed by atoms with Gasteiger partial charge in [0.2, 0.25) is 0 Å². The molecule has 1 N–H and O–H groups in total. The predicted molar refractivity (Wildman–Crippen MR) is 113 cm³/mol. The molecule has 38 heavy (non-hydrogen) atoms. The van der Waals surface area contributed by atoms with Gasteiger partial charge in [-0.3, -0.25) is 9.69 Å². The molecule has 214 valence electrons. The first-order chi connectivity index (χ1) is 17.5. The Morgan fingerprint density at radius 3 is 2.08 bits per heavy atom. The number of anilines is 1. The van der Waals surface area contributed by atoms with E-state index in [9.17, 15) is 54.2 Å². The molecule has 0 radical (unpaired) electrons. The summed E-state index contributed by atoms with van der Waals surface area (Å²) in [5.41, 5.74) is -0.315. The molecule has 1 aromatic rings. The van der Waals surface area contributed by atoms with Crippen LogP contribution in [0.5, 0.6) is 0 Å². The summed E-state index contributed by atoms with van der Waals surface area (Å²) in [7, 11) is 0. The molecule has 0 aromatic heterocycles. The Balaban J connectivity index is 1.70. The van der Waals surface area contributed by atoms with E-state index in [1.54, 1.807) is 9.80 Å². The van der Waals surface area contributed by atoms with Crippen LogP contribution in [-0.2, 0) is 22.3 Å². The van der Waals surface area contributed by atoms with E-state index in [0.29, 0.717) is 29.8 Å². The number of alkyl halides is 9. The third-order valence-electron chi connectivity index (χ3n) is 6.36. The Morgan fingerprint density at radius 2 is 1.55 bits per heavy atom. The van der Waals surface area contributed by atoms with Crippen molar-refractivity contribution in [1.29, 1.82) is 0 Å². The number of ether oxygens (including phenoxy) is 1. The Hall–Kier alpha value is -2.91. The van der Waals surface area contributed by atoms with E-state index >= 15 is 0 Å². The van der Waals surface area contributed by atoms with Gasteiger partial charge < -0.3 is 19.6 Å². The minimum Gasteiger partial charge on any atom is -0.481 e. The summed E-state index contributed by atoms with van der Waals surface area (Å²) < 4.78 is 120. The molecule has 0 bridgehead atoms. The Bertz CT molecular complexity index is 991. The number of nitrogens with zero attached hydrogens (tertiary/aromatic N) is 3. The van der Waals surface area contributed by atoms with Crippen LogP contribution in [0.2, 0.25) is 0 Å². The van der Waals surface area contributed by atoms with Gasteiger partial charge in [-0.25, -0.2) is 4.79 Å². The Kier molecular flexibility index (Phi) is 8.63. The molecule has 1 amide bonds. The van der Waals surface area contributed by atoms with Crippen molar-refractivity contribution in [3.05, 3.63) is 29.3 Å². The maximum absolute atomic E-state index is 13.4. The van der Waals surface area contributed by atoms with Gasteiger partial charge in [0, 0.05) is 51.5 Å². The van der Waals surface area contributed by atoms with Gasteiger partial charge in [0.1, 0.15) is 0 Å². The summed E-state index contributed by atoms with van der Waals surface area (Å²) >= 11 is 0. The molecule has 2 heterocycles. The van der Waals surface area contributed by atoms with Crippen molar-refractivity contribution in [2.45, 2.75) is 44.0 Å². The number of piperazine rings is 1. The lowest BCUT2D eigenvalue weighted by Gasteiger charge is -2.37. The minimum atomic E-state index is -5.84. The number of carbonyl (C=O) groups is 2.